The molecule has 0 saturated carbocycles. The predicted octanol–water partition coefficient (Wildman–Crippen LogP) is 1.97. The first-order chi connectivity index (χ1) is 9.55. The molecule has 0 aliphatic carbocycles. The second-order valence-electron chi connectivity index (χ2n) is 4.42. The van der Waals surface area contributed by atoms with Crippen LogP contribution < -0.4 is 5.73 Å². The number of nitriles is 1. The van der Waals surface area contributed by atoms with Gasteiger partial charge >= 0.3 is 6.18 Å². The van der Waals surface area contributed by atoms with E-state index in [4.69, 9.17) is 11.0 Å². The lowest BCUT2D eigenvalue weighted by Gasteiger charge is -2.23. The molecule has 0 amide bonds. The molecule has 0 saturated heterocycles. The van der Waals surface area contributed by atoms with E-state index in [1.165, 1.54) is 13.1 Å². The summed E-state index contributed by atoms with van der Waals surface area (Å²) in [5.41, 5.74) is 3.47. The monoisotopic (exact) mass is 357 g/mol. The molecule has 124 valence electrons. The van der Waals surface area contributed by atoms with Crippen molar-refractivity contribution in [3.8, 4) is 6.07 Å². The molecule has 0 heterocycles. The van der Waals surface area contributed by atoms with Gasteiger partial charge in [-0.25, -0.2) is 8.42 Å². The molecule has 0 bridgehead atoms. The fraction of sp³-hybridized carbons (Fsp3) is 0.417. The molecule has 22 heavy (non-hydrogen) atoms. The van der Waals surface area contributed by atoms with Crippen molar-refractivity contribution in [2.75, 3.05) is 13.6 Å². The highest BCUT2D eigenvalue weighted by Crippen LogP contribution is 2.33. The minimum Gasteiger partial charge on any atom is -0.329 e. The standard InChI is InChI=1S/C12H14F3N3O2S.ClH/c1-8(6-16)18(2)21(19,20)10-3-4-11(12(13,14)15)9(5-10)7-17;/h3-5,8H,6,16H2,1-2H3;1H. The van der Waals surface area contributed by atoms with E-state index in [2.05, 4.69) is 0 Å². The predicted molar refractivity (Wildman–Crippen MR) is 76.9 cm³/mol. The first-order valence-electron chi connectivity index (χ1n) is 5.85. The third-order valence-corrected chi connectivity index (χ3v) is 5.02. The van der Waals surface area contributed by atoms with Crippen LogP contribution in [0.1, 0.15) is 18.1 Å². The van der Waals surface area contributed by atoms with Crippen LogP contribution in [0.4, 0.5) is 13.2 Å². The Hall–Kier alpha value is -1.34. The molecular weight excluding hydrogens is 343 g/mol. The van der Waals surface area contributed by atoms with Crippen molar-refractivity contribution in [1.29, 1.82) is 5.26 Å². The number of halogens is 4. The Kier molecular flexibility index (Phi) is 6.84. The summed E-state index contributed by atoms with van der Waals surface area (Å²) in [6.07, 6.45) is -4.72. The lowest BCUT2D eigenvalue weighted by molar-refractivity contribution is -0.137. The summed E-state index contributed by atoms with van der Waals surface area (Å²) in [6.45, 7) is 1.62. The van der Waals surface area contributed by atoms with Gasteiger partial charge < -0.3 is 5.73 Å². The molecule has 0 fully saturated rings. The van der Waals surface area contributed by atoms with Gasteiger partial charge in [0, 0.05) is 19.6 Å². The number of hydrogen-bond acceptors (Lipinski definition) is 4. The molecule has 2 N–H and O–H groups in total. The van der Waals surface area contributed by atoms with E-state index in [1.54, 1.807) is 6.92 Å². The molecule has 1 atom stereocenters. The number of alkyl halides is 3. The van der Waals surface area contributed by atoms with Crippen LogP contribution in [-0.2, 0) is 16.2 Å². The molecule has 1 aromatic rings. The first kappa shape index (κ1) is 20.7. The summed E-state index contributed by atoms with van der Waals surface area (Å²) >= 11 is 0. The van der Waals surface area contributed by atoms with E-state index >= 15 is 0 Å². The van der Waals surface area contributed by atoms with Crippen molar-refractivity contribution in [3.05, 3.63) is 29.3 Å². The number of nitrogens with zero attached hydrogens (tertiary/aromatic N) is 2. The van der Waals surface area contributed by atoms with Gasteiger partial charge in [-0.1, -0.05) is 0 Å². The largest absolute Gasteiger partial charge is 0.417 e. The fourth-order valence-corrected chi connectivity index (χ4v) is 2.97. The summed E-state index contributed by atoms with van der Waals surface area (Å²) < 4.78 is 63.5. The van der Waals surface area contributed by atoms with E-state index in [1.807, 2.05) is 0 Å². The maximum absolute atomic E-state index is 12.7. The molecule has 1 rings (SSSR count). The van der Waals surface area contributed by atoms with Crippen LogP contribution >= 0.6 is 12.4 Å². The number of benzene rings is 1. The average Bonchev–Trinajstić information content (AvgIpc) is 2.43. The number of likely N-dealkylation sites (N-methyl/N-ethyl adjacent to an activating group) is 1. The third kappa shape index (κ3) is 4.10. The van der Waals surface area contributed by atoms with Crippen LogP contribution in [0, 0.1) is 11.3 Å². The van der Waals surface area contributed by atoms with Crippen LogP contribution in [-0.4, -0.2) is 32.4 Å². The number of hydrogen-bond donors (Lipinski definition) is 1. The van der Waals surface area contributed by atoms with Gasteiger partial charge in [0.1, 0.15) is 0 Å². The average molecular weight is 358 g/mol. The van der Waals surface area contributed by atoms with Gasteiger partial charge in [0.2, 0.25) is 10.0 Å². The van der Waals surface area contributed by atoms with E-state index < -0.39 is 33.4 Å². The maximum Gasteiger partial charge on any atom is 0.417 e. The van der Waals surface area contributed by atoms with Crippen LogP contribution in [0.5, 0.6) is 0 Å². The van der Waals surface area contributed by atoms with Gasteiger partial charge in [-0.05, 0) is 25.1 Å². The molecule has 0 aliphatic heterocycles. The topological polar surface area (TPSA) is 87.2 Å². The molecular formula is C12H15ClF3N3O2S. The quantitative estimate of drug-likeness (QED) is 0.892. The fourth-order valence-electron chi connectivity index (χ4n) is 1.58. The lowest BCUT2D eigenvalue weighted by Crippen LogP contribution is -2.39. The molecule has 0 aliphatic rings. The minimum absolute atomic E-state index is 0. The highest BCUT2D eigenvalue weighted by molar-refractivity contribution is 7.89. The maximum atomic E-state index is 12.7. The van der Waals surface area contributed by atoms with Crippen LogP contribution in [0.15, 0.2) is 23.1 Å². The second-order valence-corrected chi connectivity index (χ2v) is 6.42. The highest BCUT2D eigenvalue weighted by atomic mass is 35.5. The van der Waals surface area contributed by atoms with E-state index in [-0.39, 0.29) is 23.8 Å². The van der Waals surface area contributed by atoms with E-state index in [0.717, 1.165) is 16.4 Å². The third-order valence-electron chi connectivity index (χ3n) is 3.06. The summed E-state index contributed by atoms with van der Waals surface area (Å²) in [4.78, 5) is -0.380. The molecule has 1 aromatic carbocycles. The summed E-state index contributed by atoms with van der Waals surface area (Å²) in [7, 11) is -2.74. The van der Waals surface area contributed by atoms with Crippen molar-refractivity contribution < 1.29 is 21.6 Å². The SMILES string of the molecule is CC(CN)N(C)S(=O)(=O)c1ccc(C(F)(F)F)c(C#N)c1.Cl. The van der Waals surface area contributed by atoms with Gasteiger partial charge in [-0.3, -0.25) is 0 Å². The molecule has 0 spiro atoms. The van der Waals surface area contributed by atoms with Gasteiger partial charge in [0.25, 0.3) is 0 Å². The van der Waals surface area contributed by atoms with Crippen molar-refractivity contribution in [2.24, 2.45) is 5.73 Å². The van der Waals surface area contributed by atoms with E-state index in [9.17, 15) is 21.6 Å². The Morgan fingerprint density at radius 1 is 1.41 bits per heavy atom. The zero-order valence-electron chi connectivity index (χ0n) is 11.8. The van der Waals surface area contributed by atoms with Crippen molar-refractivity contribution in [1.82, 2.24) is 4.31 Å². The Morgan fingerprint density at radius 2 is 1.95 bits per heavy atom. The first-order valence-corrected chi connectivity index (χ1v) is 7.29. The highest BCUT2D eigenvalue weighted by Gasteiger charge is 2.35. The number of sulfonamides is 1. The second kappa shape index (κ2) is 7.28. The number of rotatable bonds is 4. The molecule has 10 heteroatoms. The zero-order valence-corrected chi connectivity index (χ0v) is 13.4. The number of nitrogens with two attached hydrogens (primary N) is 1. The van der Waals surface area contributed by atoms with E-state index in [0.29, 0.717) is 6.07 Å². The Labute approximate surface area is 133 Å². The van der Waals surface area contributed by atoms with Crippen LogP contribution in [0.2, 0.25) is 0 Å². The summed E-state index contributed by atoms with van der Waals surface area (Å²) in [5, 5.41) is 8.79. The normalized spacial score (nSPS) is 13.4. The molecule has 0 radical (unpaired) electrons. The minimum atomic E-state index is -4.72. The lowest BCUT2D eigenvalue weighted by atomic mass is 10.1. The van der Waals surface area contributed by atoms with Gasteiger partial charge in [0.05, 0.1) is 22.1 Å². The molecule has 1 unspecified atom stereocenters. The van der Waals surface area contributed by atoms with Crippen molar-refractivity contribution in [3.63, 3.8) is 0 Å². The summed E-state index contributed by atoms with van der Waals surface area (Å²) in [5.74, 6) is 0. The van der Waals surface area contributed by atoms with Crippen LogP contribution in [0.3, 0.4) is 0 Å². The van der Waals surface area contributed by atoms with Gasteiger partial charge in [-0.2, -0.15) is 22.7 Å². The van der Waals surface area contributed by atoms with Crippen molar-refractivity contribution in [2.45, 2.75) is 24.0 Å². The van der Waals surface area contributed by atoms with Gasteiger partial charge in [-0.15, -0.1) is 12.4 Å². The Balaban J connectivity index is 0.00000441. The Morgan fingerprint density at radius 3 is 2.36 bits per heavy atom. The van der Waals surface area contributed by atoms with Gasteiger partial charge in [0.15, 0.2) is 0 Å². The van der Waals surface area contributed by atoms with Crippen molar-refractivity contribution >= 4 is 22.4 Å². The summed E-state index contributed by atoms with van der Waals surface area (Å²) in [6, 6.07) is 2.99. The molecule has 0 aromatic heterocycles. The zero-order chi connectivity index (χ0) is 16.4. The van der Waals surface area contributed by atoms with Crippen LogP contribution in [0.25, 0.3) is 0 Å². The molecule has 5 nitrogen and oxygen atoms in total. The smallest absolute Gasteiger partial charge is 0.329 e. The Bertz CT molecular complexity index is 671.